The number of hydrogen-bond donors (Lipinski definition) is 0. The summed E-state index contributed by atoms with van der Waals surface area (Å²) in [6, 6.07) is 55.6. The summed E-state index contributed by atoms with van der Waals surface area (Å²) in [5.74, 6) is 0. The van der Waals surface area contributed by atoms with Crippen molar-refractivity contribution in [3.05, 3.63) is 174 Å². The molecule has 0 unspecified atom stereocenters. The summed E-state index contributed by atoms with van der Waals surface area (Å²) in [7, 11) is 0. The van der Waals surface area contributed by atoms with Gasteiger partial charge in [0.1, 0.15) is 0 Å². The minimum absolute atomic E-state index is 0.424. The first-order chi connectivity index (χ1) is 24.7. The van der Waals surface area contributed by atoms with E-state index in [1.54, 1.807) is 6.07 Å². The number of fused-ring (bicyclic) bond motifs is 6. The molecular formula is C45H25N5. The Bertz CT molecular complexity index is 2900. The predicted octanol–water partition coefficient (Wildman–Crippen LogP) is 11.5. The van der Waals surface area contributed by atoms with Gasteiger partial charge in [-0.25, -0.2) is 4.85 Å². The van der Waals surface area contributed by atoms with E-state index in [-0.39, 0.29) is 0 Å². The molecule has 9 aromatic rings. The third kappa shape index (κ3) is 4.38. The summed E-state index contributed by atoms with van der Waals surface area (Å²) < 4.78 is 4.41. The lowest BCUT2D eigenvalue weighted by atomic mass is 9.95. The minimum atomic E-state index is 0.424. The van der Waals surface area contributed by atoms with E-state index in [0.717, 1.165) is 77.2 Å². The van der Waals surface area contributed by atoms with E-state index in [9.17, 15) is 10.5 Å². The van der Waals surface area contributed by atoms with Gasteiger partial charge in [-0.2, -0.15) is 10.5 Å². The third-order valence-electron chi connectivity index (χ3n) is 9.58. The van der Waals surface area contributed by atoms with Gasteiger partial charge >= 0.3 is 0 Å². The maximum atomic E-state index is 10.0. The Morgan fingerprint density at radius 1 is 0.460 bits per heavy atom. The molecule has 0 radical (unpaired) electrons. The lowest BCUT2D eigenvalue weighted by molar-refractivity contribution is 1.18. The normalized spacial score (nSPS) is 11.1. The number of benzene rings is 7. The van der Waals surface area contributed by atoms with Crippen LogP contribution in [0.5, 0.6) is 0 Å². The van der Waals surface area contributed by atoms with Crippen LogP contribution >= 0.6 is 0 Å². The number of nitrogens with zero attached hydrogens (tertiary/aromatic N) is 5. The van der Waals surface area contributed by atoms with Crippen molar-refractivity contribution in [1.82, 2.24) is 9.13 Å². The first-order valence-electron chi connectivity index (χ1n) is 16.3. The average molecular weight is 636 g/mol. The highest BCUT2D eigenvalue weighted by molar-refractivity contribution is 6.11. The zero-order valence-electron chi connectivity index (χ0n) is 26.7. The van der Waals surface area contributed by atoms with E-state index < -0.39 is 0 Å². The standard InChI is InChI=1S/C45H25N5/c1-48-40-25-30(28-47)24-38(45(40)50-42-15-6-2-11-35(42)36-12-3-7-16-43(36)50)33-10-8-9-32(26-33)31-18-20-34(21-19-31)49-41-14-5-4-13-37(41)39-23-29(27-46)17-22-44(39)49/h2-26H. The van der Waals surface area contributed by atoms with Gasteiger partial charge < -0.3 is 9.13 Å². The number of nitriles is 2. The molecule has 0 atom stereocenters. The maximum absolute atomic E-state index is 10.0. The third-order valence-corrected chi connectivity index (χ3v) is 9.58. The van der Waals surface area contributed by atoms with Gasteiger partial charge in [0.2, 0.25) is 5.69 Å². The van der Waals surface area contributed by atoms with Crippen LogP contribution in [-0.2, 0) is 0 Å². The molecule has 0 aliphatic carbocycles. The van der Waals surface area contributed by atoms with Crippen molar-refractivity contribution in [2.45, 2.75) is 0 Å². The van der Waals surface area contributed by atoms with E-state index in [1.165, 1.54) is 0 Å². The van der Waals surface area contributed by atoms with E-state index in [2.05, 4.69) is 98.9 Å². The van der Waals surface area contributed by atoms with Crippen LogP contribution < -0.4 is 0 Å². The molecule has 0 fully saturated rings. The Labute approximate surface area is 288 Å². The van der Waals surface area contributed by atoms with Crippen LogP contribution in [-0.4, -0.2) is 9.13 Å². The van der Waals surface area contributed by atoms with Crippen LogP contribution in [0.3, 0.4) is 0 Å². The maximum Gasteiger partial charge on any atom is 0.212 e. The van der Waals surface area contributed by atoms with Gasteiger partial charge in [0.15, 0.2) is 0 Å². The monoisotopic (exact) mass is 635 g/mol. The predicted molar refractivity (Wildman–Crippen MR) is 202 cm³/mol. The molecule has 5 heteroatoms. The Morgan fingerprint density at radius 2 is 1.04 bits per heavy atom. The van der Waals surface area contributed by atoms with Crippen molar-refractivity contribution in [2.24, 2.45) is 0 Å². The summed E-state index contributed by atoms with van der Waals surface area (Å²) in [4.78, 5) is 3.96. The van der Waals surface area contributed by atoms with Gasteiger partial charge in [-0.05, 0) is 89.0 Å². The molecule has 0 aliphatic rings. The largest absolute Gasteiger partial charge is 0.318 e. The van der Waals surface area contributed by atoms with Crippen LogP contribution in [0.25, 0.3) is 82.1 Å². The minimum Gasteiger partial charge on any atom is -0.318 e. The molecule has 2 aromatic heterocycles. The second kappa shape index (κ2) is 11.4. The molecule has 5 nitrogen and oxygen atoms in total. The molecule has 0 aliphatic heterocycles. The molecule has 0 bridgehead atoms. The molecule has 0 spiro atoms. The lowest BCUT2D eigenvalue weighted by Gasteiger charge is -2.17. The van der Waals surface area contributed by atoms with Crippen LogP contribution in [0.2, 0.25) is 0 Å². The molecular weight excluding hydrogens is 611 g/mol. The summed E-state index contributed by atoms with van der Waals surface area (Å²) in [5, 5.41) is 23.9. The lowest BCUT2D eigenvalue weighted by Crippen LogP contribution is -1.99. The fraction of sp³-hybridized carbons (Fsp3) is 0. The van der Waals surface area contributed by atoms with Gasteiger partial charge in [0.25, 0.3) is 0 Å². The number of hydrogen-bond acceptors (Lipinski definition) is 2. The van der Waals surface area contributed by atoms with Crippen LogP contribution in [0.1, 0.15) is 11.1 Å². The summed E-state index contributed by atoms with van der Waals surface area (Å²) in [5.41, 5.74) is 11.2. The second-order valence-electron chi connectivity index (χ2n) is 12.3. The van der Waals surface area contributed by atoms with E-state index in [1.807, 2.05) is 72.8 Å². The van der Waals surface area contributed by atoms with Crippen molar-refractivity contribution in [2.75, 3.05) is 0 Å². The molecule has 7 aromatic carbocycles. The topological polar surface area (TPSA) is 61.8 Å². The molecule has 9 rings (SSSR count). The van der Waals surface area contributed by atoms with Crippen LogP contribution in [0, 0.1) is 29.2 Å². The van der Waals surface area contributed by atoms with Crippen molar-refractivity contribution in [3.63, 3.8) is 0 Å². The Morgan fingerprint density at radius 3 is 1.68 bits per heavy atom. The molecule has 0 amide bonds. The summed E-state index contributed by atoms with van der Waals surface area (Å²) in [6.07, 6.45) is 0. The Balaban J connectivity index is 1.20. The smallest absolute Gasteiger partial charge is 0.212 e. The van der Waals surface area contributed by atoms with Crippen molar-refractivity contribution < 1.29 is 0 Å². The molecule has 0 N–H and O–H groups in total. The number of para-hydroxylation sites is 3. The van der Waals surface area contributed by atoms with E-state index in [4.69, 9.17) is 6.57 Å². The fourth-order valence-electron chi connectivity index (χ4n) is 7.38. The highest BCUT2D eigenvalue weighted by Crippen LogP contribution is 2.42. The molecule has 0 saturated heterocycles. The average Bonchev–Trinajstić information content (AvgIpc) is 3.70. The van der Waals surface area contributed by atoms with Crippen LogP contribution in [0.4, 0.5) is 5.69 Å². The molecule has 2 heterocycles. The SMILES string of the molecule is [C-]#[N+]c1cc(C#N)cc(-c2cccc(-c3ccc(-n4c5ccccc5c5cc(C#N)ccc54)cc3)c2)c1-n1c2ccccc2c2ccccc21. The van der Waals surface area contributed by atoms with Gasteiger partial charge in [-0.15, -0.1) is 0 Å². The fourth-order valence-corrected chi connectivity index (χ4v) is 7.38. The van der Waals surface area contributed by atoms with E-state index >= 15 is 0 Å². The number of rotatable bonds is 4. The quantitative estimate of drug-likeness (QED) is 0.181. The van der Waals surface area contributed by atoms with Crippen LogP contribution in [0.15, 0.2) is 152 Å². The highest BCUT2D eigenvalue weighted by atomic mass is 15.0. The summed E-state index contributed by atoms with van der Waals surface area (Å²) in [6.45, 7) is 8.20. The summed E-state index contributed by atoms with van der Waals surface area (Å²) >= 11 is 0. The zero-order chi connectivity index (χ0) is 33.8. The second-order valence-corrected chi connectivity index (χ2v) is 12.3. The van der Waals surface area contributed by atoms with Gasteiger partial charge in [-0.3, -0.25) is 0 Å². The molecule has 50 heavy (non-hydrogen) atoms. The van der Waals surface area contributed by atoms with E-state index in [0.29, 0.717) is 16.8 Å². The Kier molecular flexibility index (Phi) is 6.56. The molecule has 230 valence electrons. The Hall–Kier alpha value is -7.39. The van der Waals surface area contributed by atoms with Crippen molar-refractivity contribution in [1.29, 1.82) is 10.5 Å². The van der Waals surface area contributed by atoms with Gasteiger partial charge in [-0.1, -0.05) is 84.9 Å². The van der Waals surface area contributed by atoms with Crippen molar-refractivity contribution in [3.8, 4) is 45.8 Å². The number of aromatic nitrogens is 2. The molecule has 0 saturated carbocycles. The zero-order valence-corrected chi connectivity index (χ0v) is 26.7. The van der Waals surface area contributed by atoms with Gasteiger partial charge in [0, 0.05) is 32.8 Å². The van der Waals surface area contributed by atoms with Gasteiger partial charge in [0.05, 0.1) is 52.0 Å². The highest BCUT2D eigenvalue weighted by Gasteiger charge is 2.20. The first kappa shape index (κ1) is 28.8. The van der Waals surface area contributed by atoms with Crippen molar-refractivity contribution >= 4 is 49.3 Å². The first-order valence-corrected chi connectivity index (χ1v) is 16.3.